The van der Waals surface area contributed by atoms with Gasteiger partial charge in [-0.3, -0.25) is 9.69 Å². The molecule has 2 saturated heterocycles. The number of rotatable bonds is 3. The first kappa shape index (κ1) is 12.8. The smallest absolute Gasteiger partial charge is 0.237 e. The number of hydrogen-bond acceptors (Lipinski definition) is 4. The lowest BCUT2D eigenvalue weighted by molar-refractivity contribution is -0.126. The Hall–Kier alpha value is -0.650. The fourth-order valence-corrected chi connectivity index (χ4v) is 2.91. The van der Waals surface area contributed by atoms with Crippen LogP contribution < -0.4 is 10.6 Å². The van der Waals surface area contributed by atoms with E-state index in [0.29, 0.717) is 6.54 Å². The van der Waals surface area contributed by atoms with Crippen LogP contribution in [0.2, 0.25) is 0 Å². The molecule has 1 unspecified atom stereocenters. The third kappa shape index (κ3) is 2.97. The van der Waals surface area contributed by atoms with Crippen molar-refractivity contribution >= 4 is 5.91 Å². The highest BCUT2D eigenvalue weighted by molar-refractivity contribution is 5.81. The van der Waals surface area contributed by atoms with Gasteiger partial charge in [-0.2, -0.15) is 0 Å². The maximum Gasteiger partial charge on any atom is 0.237 e. The Bertz CT molecular complexity index is 277. The van der Waals surface area contributed by atoms with Crippen molar-refractivity contribution in [2.45, 2.75) is 37.3 Å². The first-order valence-electron chi connectivity index (χ1n) is 6.53. The summed E-state index contributed by atoms with van der Waals surface area (Å²) in [5, 5.41) is 16.5. The predicted octanol–water partition coefficient (Wildman–Crippen LogP) is -0.689. The number of likely N-dealkylation sites (N-methyl/N-ethyl adjacent to an activating group) is 1. The minimum atomic E-state index is -0.609. The molecule has 0 bridgehead atoms. The second-order valence-electron chi connectivity index (χ2n) is 5.22. The van der Waals surface area contributed by atoms with E-state index in [1.807, 2.05) is 0 Å². The number of amides is 1. The minimum Gasteiger partial charge on any atom is -0.388 e. The molecular weight excluding hydrogens is 218 g/mol. The number of nitrogens with zero attached hydrogens (tertiary/aromatic N) is 1. The van der Waals surface area contributed by atoms with Crippen LogP contribution in [0.4, 0.5) is 0 Å². The molecule has 0 aliphatic carbocycles. The molecule has 2 rings (SSSR count). The van der Waals surface area contributed by atoms with Gasteiger partial charge in [0.05, 0.1) is 11.6 Å². The first-order chi connectivity index (χ1) is 8.14. The summed E-state index contributed by atoms with van der Waals surface area (Å²) in [6.07, 6.45) is 3.52. The molecule has 2 aliphatic heterocycles. The highest BCUT2D eigenvalue weighted by atomic mass is 16.3. The van der Waals surface area contributed by atoms with E-state index in [0.717, 1.165) is 45.3 Å². The number of likely N-dealkylation sites (tertiary alicyclic amines) is 1. The molecule has 1 amide bonds. The number of carbonyl (C=O) groups excluding carboxylic acids is 1. The Morgan fingerprint density at radius 3 is 2.88 bits per heavy atom. The molecule has 5 heteroatoms. The van der Waals surface area contributed by atoms with E-state index >= 15 is 0 Å². The second kappa shape index (κ2) is 5.33. The Morgan fingerprint density at radius 2 is 2.24 bits per heavy atom. The second-order valence-corrected chi connectivity index (χ2v) is 5.22. The Balaban J connectivity index is 1.94. The lowest BCUT2D eigenvalue weighted by Crippen LogP contribution is -2.53. The predicted molar refractivity (Wildman–Crippen MR) is 65.7 cm³/mol. The van der Waals surface area contributed by atoms with Crippen molar-refractivity contribution < 1.29 is 9.90 Å². The molecule has 0 radical (unpaired) electrons. The van der Waals surface area contributed by atoms with Crippen molar-refractivity contribution in [2.75, 3.05) is 33.2 Å². The number of aliphatic hydroxyl groups is 1. The molecule has 0 spiro atoms. The highest BCUT2D eigenvalue weighted by Gasteiger charge is 2.37. The van der Waals surface area contributed by atoms with Crippen LogP contribution in [0.25, 0.3) is 0 Å². The molecule has 0 aromatic carbocycles. The summed E-state index contributed by atoms with van der Waals surface area (Å²) in [7, 11) is 1.68. The molecule has 0 saturated carbocycles. The molecule has 2 aliphatic rings. The van der Waals surface area contributed by atoms with Gasteiger partial charge < -0.3 is 15.7 Å². The third-order valence-corrected chi connectivity index (χ3v) is 3.94. The monoisotopic (exact) mass is 241 g/mol. The largest absolute Gasteiger partial charge is 0.388 e. The van der Waals surface area contributed by atoms with Gasteiger partial charge in [-0.05, 0) is 45.3 Å². The fourth-order valence-electron chi connectivity index (χ4n) is 2.91. The standard InChI is InChI=1S/C12H23N3O2/c1-13-11(16)10-3-2-8-15(10)9-12(17)4-6-14-7-5-12/h10,14,17H,2-9H2,1H3,(H,13,16). The highest BCUT2D eigenvalue weighted by Crippen LogP contribution is 2.25. The van der Waals surface area contributed by atoms with Gasteiger partial charge >= 0.3 is 0 Å². The van der Waals surface area contributed by atoms with Crippen molar-refractivity contribution in [2.24, 2.45) is 0 Å². The average Bonchev–Trinajstić information content (AvgIpc) is 2.76. The minimum absolute atomic E-state index is 0.0427. The van der Waals surface area contributed by atoms with Crippen LogP contribution in [0.3, 0.4) is 0 Å². The zero-order valence-corrected chi connectivity index (χ0v) is 10.5. The molecule has 3 N–H and O–H groups in total. The summed E-state index contributed by atoms with van der Waals surface area (Å²) in [4.78, 5) is 13.9. The Kier molecular flexibility index (Phi) is 4.01. The zero-order valence-electron chi connectivity index (χ0n) is 10.5. The van der Waals surface area contributed by atoms with E-state index in [2.05, 4.69) is 15.5 Å². The lowest BCUT2D eigenvalue weighted by atomic mass is 9.91. The fraction of sp³-hybridized carbons (Fsp3) is 0.917. The molecule has 0 aromatic heterocycles. The molecule has 1 atom stereocenters. The summed E-state index contributed by atoms with van der Waals surface area (Å²) in [6, 6.07) is -0.0427. The third-order valence-electron chi connectivity index (χ3n) is 3.94. The molecule has 5 nitrogen and oxygen atoms in total. The number of hydrogen-bond donors (Lipinski definition) is 3. The maximum atomic E-state index is 11.7. The van der Waals surface area contributed by atoms with Gasteiger partial charge in [-0.25, -0.2) is 0 Å². The summed E-state index contributed by atoms with van der Waals surface area (Å²) >= 11 is 0. The van der Waals surface area contributed by atoms with Crippen LogP contribution in [0.5, 0.6) is 0 Å². The van der Waals surface area contributed by atoms with E-state index in [-0.39, 0.29) is 11.9 Å². The van der Waals surface area contributed by atoms with Crippen molar-refractivity contribution in [3.05, 3.63) is 0 Å². The normalized spacial score (nSPS) is 29.2. The van der Waals surface area contributed by atoms with Gasteiger partial charge in [0.25, 0.3) is 0 Å². The van der Waals surface area contributed by atoms with Crippen LogP contribution >= 0.6 is 0 Å². The Labute approximate surface area is 103 Å². The quantitative estimate of drug-likeness (QED) is 0.612. The molecule has 2 fully saturated rings. The first-order valence-corrected chi connectivity index (χ1v) is 6.53. The number of carbonyl (C=O) groups is 1. The lowest BCUT2D eigenvalue weighted by Gasteiger charge is -2.37. The number of nitrogens with one attached hydrogen (secondary N) is 2. The average molecular weight is 241 g/mol. The maximum absolute atomic E-state index is 11.7. The van der Waals surface area contributed by atoms with Crippen LogP contribution in [0.15, 0.2) is 0 Å². The van der Waals surface area contributed by atoms with E-state index in [1.54, 1.807) is 7.05 Å². The van der Waals surface area contributed by atoms with Crippen molar-refractivity contribution in [3.63, 3.8) is 0 Å². The van der Waals surface area contributed by atoms with Crippen LogP contribution in [0.1, 0.15) is 25.7 Å². The van der Waals surface area contributed by atoms with Gasteiger partial charge in [0.1, 0.15) is 0 Å². The van der Waals surface area contributed by atoms with E-state index < -0.39 is 5.60 Å². The molecule has 98 valence electrons. The SMILES string of the molecule is CNC(=O)C1CCCN1CC1(O)CCNCC1. The summed E-state index contributed by atoms with van der Waals surface area (Å²) in [5.74, 6) is 0.0834. The summed E-state index contributed by atoms with van der Waals surface area (Å²) in [5.41, 5.74) is -0.609. The molecule has 2 heterocycles. The number of piperidine rings is 1. The topological polar surface area (TPSA) is 64.6 Å². The van der Waals surface area contributed by atoms with Gasteiger partial charge in [0, 0.05) is 13.6 Å². The van der Waals surface area contributed by atoms with Gasteiger partial charge in [-0.1, -0.05) is 0 Å². The van der Waals surface area contributed by atoms with Gasteiger partial charge in [-0.15, -0.1) is 0 Å². The Morgan fingerprint density at radius 1 is 1.53 bits per heavy atom. The summed E-state index contributed by atoms with van der Waals surface area (Å²) in [6.45, 7) is 3.30. The van der Waals surface area contributed by atoms with Gasteiger partial charge in [0.15, 0.2) is 0 Å². The molecule has 17 heavy (non-hydrogen) atoms. The summed E-state index contributed by atoms with van der Waals surface area (Å²) < 4.78 is 0. The van der Waals surface area contributed by atoms with Crippen molar-refractivity contribution in [1.29, 1.82) is 0 Å². The van der Waals surface area contributed by atoms with Crippen molar-refractivity contribution in [3.8, 4) is 0 Å². The zero-order chi connectivity index (χ0) is 12.3. The van der Waals surface area contributed by atoms with Crippen LogP contribution in [-0.4, -0.2) is 60.8 Å². The van der Waals surface area contributed by atoms with E-state index in [1.165, 1.54) is 0 Å². The molecular formula is C12H23N3O2. The number of β-amino-alcohol motifs (C(OH)–C–C–N with tert-alkyl or cyclic N) is 1. The van der Waals surface area contributed by atoms with E-state index in [4.69, 9.17) is 0 Å². The van der Waals surface area contributed by atoms with E-state index in [9.17, 15) is 9.90 Å². The van der Waals surface area contributed by atoms with Crippen LogP contribution in [-0.2, 0) is 4.79 Å². The molecule has 0 aromatic rings. The van der Waals surface area contributed by atoms with Gasteiger partial charge in [0.2, 0.25) is 5.91 Å². The van der Waals surface area contributed by atoms with Crippen molar-refractivity contribution in [1.82, 2.24) is 15.5 Å². The van der Waals surface area contributed by atoms with Crippen LogP contribution in [0, 0.1) is 0 Å².